The van der Waals surface area contributed by atoms with Crippen LogP contribution in [0.25, 0.3) is 0 Å². The quantitative estimate of drug-likeness (QED) is 0.796. The molecule has 90 valence electrons. The molecule has 0 heterocycles. The van der Waals surface area contributed by atoms with E-state index < -0.39 is 0 Å². The third kappa shape index (κ3) is 3.24. The van der Waals surface area contributed by atoms with E-state index in [2.05, 4.69) is 37.4 Å². The fourth-order valence-electron chi connectivity index (χ4n) is 2.11. The highest BCUT2D eigenvalue weighted by Crippen LogP contribution is 2.25. The Morgan fingerprint density at radius 1 is 1.38 bits per heavy atom. The van der Waals surface area contributed by atoms with Crippen LogP contribution in [-0.2, 0) is 0 Å². The Hall–Kier alpha value is -1.02. The van der Waals surface area contributed by atoms with E-state index in [-0.39, 0.29) is 0 Å². The third-order valence-corrected chi connectivity index (χ3v) is 3.19. The SMILES string of the molecule is CCCC(NC)C(C)c1cccc(OC)c1. The van der Waals surface area contributed by atoms with Gasteiger partial charge in [-0.3, -0.25) is 0 Å². The molecule has 0 saturated carbocycles. The number of nitrogens with one attached hydrogen (secondary N) is 1. The van der Waals surface area contributed by atoms with Gasteiger partial charge in [-0.2, -0.15) is 0 Å². The van der Waals surface area contributed by atoms with Crippen molar-refractivity contribution in [3.05, 3.63) is 29.8 Å². The maximum absolute atomic E-state index is 5.26. The van der Waals surface area contributed by atoms with Crippen molar-refractivity contribution in [2.24, 2.45) is 0 Å². The molecule has 2 nitrogen and oxygen atoms in total. The van der Waals surface area contributed by atoms with Gasteiger partial charge < -0.3 is 10.1 Å². The molecule has 1 aromatic carbocycles. The Kier molecular flexibility index (Phi) is 5.33. The Morgan fingerprint density at radius 2 is 2.12 bits per heavy atom. The molecule has 16 heavy (non-hydrogen) atoms. The first-order valence-electron chi connectivity index (χ1n) is 6.04. The van der Waals surface area contributed by atoms with Crippen molar-refractivity contribution in [1.82, 2.24) is 5.32 Å². The number of benzene rings is 1. The number of rotatable bonds is 6. The second kappa shape index (κ2) is 6.54. The van der Waals surface area contributed by atoms with E-state index >= 15 is 0 Å². The summed E-state index contributed by atoms with van der Waals surface area (Å²) in [6.45, 7) is 4.49. The molecule has 1 aromatic rings. The van der Waals surface area contributed by atoms with Crippen LogP contribution < -0.4 is 10.1 Å². The minimum Gasteiger partial charge on any atom is -0.497 e. The lowest BCUT2D eigenvalue weighted by Gasteiger charge is -2.23. The maximum Gasteiger partial charge on any atom is 0.119 e. The van der Waals surface area contributed by atoms with Gasteiger partial charge in [0.1, 0.15) is 5.75 Å². The number of ether oxygens (including phenoxy) is 1. The van der Waals surface area contributed by atoms with E-state index in [0.717, 1.165) is 5.75 Å². The topological polar surface area (TPSA) is 21.3 Å². The van der Waals surface area contributed by atoms with Crippen molar-refractivity contribution in [2.75, 3.05) is 14.2 Å². The van der Waals surface area contributed by atoms with E-state index in [1.165, 1.54) is 18.4 Å². The van der Waals surface area contributed by atoms with Crippen molar-refractivity contribution in [3.63, 3.8) is 0 Å². The predicted molar refractivity (Wildman–Crippen MR) is 69.2 cm³/mol. The van der Waals surface area contributed by atoms with E-state index in [9.17, 15) is 0 Å². The van der Waals surface area contributed by atoms with Gasteiger partial charge in [0.2, 0.25) is 0 Å². The molecule has 0 saturated heterocycles. The molecule has 0 amide bonds. The molecular formula is C14H23NO. The fourth-order valence-corrected chi connectivity index (χ4v) is 2.11. The summed E-state index contributed by atoms with van der Waals surface area (Å²) in [5.74, 6) is 1.45. The van der Waals surface area contributed by atoms with Crippen LogP contribution in [0.2, 0.25) is 0 Å². The normalized spacial score (nSPS) is 14.5. The molecule has 0 fully saturated rings. The molecule has 2 atom stereocenters. The van der Waals surface area contributed by atoms with E-state index in [0.29, 0.717) is 12.0 Å². The molecule has 0 bridgehead atoms. The summed E-state index contributed by atoms with van der Waals surface area (Å²) in [4.78, 5) is 0. The molecule has 1 rings (SSSR count). The van der Waals surface area contributed by atoms with E-state index in [1.807, 2.05) is 13.1 Å². The Balaban J connectivity index is 2.80. The van der Waals surface area contributed by atoms with Crippen LogP contribution in [0.15, 0.2) is 24.3 Å². The zero-order chi connectivity index (χ0) is 12.0. The van der Waals surface area contributed by atoms with Gasteiger partial charge in [0, 0.05) is 6.04 Å². The number of hydrogen-bond acceptors (Lipinski definition) is 2. The predicted octanol–water partition coefficient (Wildman–Crippen LogP) is 3.19. The highest BCUT2D eigenvalue weighted by molar-refractivity contribution is 5.31. The zero-order valence-electron chi connectivity index (χ0n) is 10.8. The molecule has 1 N–H and O–H groups in total. The van der Waals surface area contributed by atoms with Crippen molar-refractivity contribution in [2.45, 2.75) is 38.6 Å². The van der Waals surface area contributed by atoms with E-state index in [1.54, 1.807) is 7.11 Å². The summed E-state index contributed by atoms with van der Waals surface area (Å²) in [5, 5.41) is 3.40. The van der Waals surface area contributed by atoms with Crippen molar-refractivity contribution >= 4 is 0 Å². The minimum atomic E-state index is 0.514. The Labute approximate surface area is 99.0 Å². The lowest BCUT2D eigenvalue weighted by Crippen LogP contribution is -2.30. The molecule has 2 unspecified atom stereocenters. The van der Waals surface area contributed by atoms with Crippen LogP contribution >= 0.6 is 0 Å². The maximum atomic E-state index is 5.26. The average molecular weight is 221 g/mol. The first-order chi connectivity index (χ1) is 7.72. The summed E-state index contributed by atoms with van der Waals surface area (Å²) in [6.07, 6.45) is 2.41. The number of hydrogen-bond donors (Lipinski definition) is 1. The van der Waals surface area contributed by atoms with Crippen LogP contribution in [0.3, 0.4) is 0 Å². The van der Waals surface area contributed by atoms with Gasteiger partial charge in [0.15, 0.2) is 0 Å². The van der Waals surface area contributed by atoms with Crippen LogP contribution in [0, 0.1) is 0 Å². The van der Waals surface area contributed by atoms with Crippen LogP contribution in [0.5, 0.6) is 5.75 Å². The van der Waals surface area contributed by atoms with Gasteiger partial charge in [0.25, 0.3) is 0 Å². The van der Waals surface area contributed by atoms with Gasteiger partial charge in [0.05, 0.1) is 7.11 Å². The summed E-state index contributed by atoms with van der Waals surface area (Å²) < 4.78 is 5.26. The van der Waals surface area contributed by atoms with Gasteiger partial charge >= 0.3 is 0 Å². The molecule has 0 aliphatic heterocycles. The summed E-state index contributed by atoms with van der Waals surface area (Å²) in [6, 6.07) is 8.89. The summed E-state index contributed by atoms with van der Waals surface area (Å²) >= 11 is 0. The first-order valence-corrected chi connectivity index (χ1v) is 6.04. The summed E-state index contributed by atoms with van der Waals surface area (Å²) in [5.41, 5.74) is 1.34. The van der Waals surface area contributed by atoms with Crippen molar-refractivity contribution in [3.8, 4) is 5.75 Å². The molecule has 0 aromatic heterocycles. The van der Waals surface area contributed by atoms with Gasteiger partial charge in [-0.05, 0) is 37.1 Å². The smallest absolute Gasteiger partial charge is 0.119 e. The van der Waals surface area contributed by atoms with E-state index in [4.69, 9.17) is 4.74 Å². The second-order valence-electron chi connectivity index (χ2n) is 4.25. The standard InChI is InChI=1S/C14H23NO/c1-5-7-14(15-3)11(2)12-8-6-9-13(10-12)16-4/h6,8-11,14-15H,5,7H2,1-4H3. The number of likely N-dealkylation sites (N-methyl/N-ethyl adjacent to an activating group) is 1. The van der Waals surface area contributed by atoms with Crippen molar-refractivity contribution in [1.29, 1.82) is 0 Å². The van der Waals surface area contributed by atoms with Gasteiger partial charge in [-0.1, -0.05) is 32.4 Å². The van der Waals surface area contributed by atoms with Gasteiger partial charge in [-0.25, -0.2) is 0 Å². The Morgan fingerprint density at radius 3 is 2.69 bits per heavy atom. The van der Waals surface area contributed by atoms with Gasteiger partial charge in [-0.15, -0.1) is 0 Å². The second-order valence-corrected chi connectivity index (χ2v) is 4.25. The van der Waals surface area contributed by atoms with Crippen LogP contribution in [0.4, 0.5) is 0 Å². The lowest BCUT2D eigenvalue weighted by molar-refractivity contribution is 0.411. The van der Waals surface area contributed by atoms with Crippen LogP contribution in [0.1, 0.15) is 38.2 Å². The zero-order valence-corrected chi connectivity index (χ0v) is 10.8. The molecular weight excluding hydrogens is 198 g/mol. The van der Waals surface area contributed by atoms with Crippen molar-refractivity contribution < 1.29 is 4.74 Å². The number of methoxy groups -OCH3 is 1. The highest BCUT2D eigenvalue weighted by Gasteiger charge is 2.16. The third-order valence-electron chi connectivity index (χ3n) is 3.19. The summed E-state index contributed by atoms with van der Waals surface area (Å²) in [7, 11) is 3.75. The van der Waals surface area contributed by atoms with Crippen LogP contribution in [-0.4, -0.2) is 20.2 Å². The monoisotopic (exact) mass is 221 g/mol. The highest BCUT2D eigenvalue weighted by atomic mass is 16.5. The molecule has 0 spiro atoms. The molecule has 0 aliphatic rings. The molecule has 0 radical (unpaired) electrons. The first kappa shape index (κ1) is 13.0. The largest absolute Gasteiger partial charge is 0.497 e. The lowest BCUT2D eigenvalue weighted by atomic mass is 9.90. The minimum absolute atomic E-state index is 0.514. The fraction of sp³-hybridized carbons (Fsp3) is 0.571. The molecule has 0 aliphatic carbocycles. The molecule has 2 heteroatoms. The Bertz CT molecular complexity index is 311. The average Bonchev–Trinajstić information content (AvgIpc) is 2.35.